The lowest BCUT2D eigenvalue weighted by Gasteiger charge is -2.14. The Balaban J connectivity index is 1.77. The summed E-state index contributed by atoms with van der Waals surface area (Å²) in [7, 11) is 3.76. The lowest BCUT2D eigenvalue weighted by molar-refractivity contribution is 0.101. The molecule has 0 aliphatic heterocycles. The van der Waals surface area contributed by atoms with E-state index in [1.807, 2.05) is 25.1 Å². The first-order chi connectivity index (χ1) is 13.4. The van der Waals surface area contributed by atoms with E-state index in [4.69, 9.17) is 0 Å². The highest BCUT2D eigenvalue weighted by molar-refractivity contribution is 6.06. The smallest absolute Gasteiger partial charge is 0.255 e. The molecule has 0 aliphatic carbocycles. The summed E-state index contributed by atoms with van der Waals surface area (Å²) in [6, 6.07) is 16.8. The van der Waals surface area contributed by atoms with Crippen LogP contribution in [-0.4, -0.2) is 30.9 Å². The summed E-state index contributed by atoms with van der Waals surface area (Å²) in [5, 5.41) is 5.14. The fourth-order valence-corrected chi connectivity index (χ4v) is 2.52. The van der Waals surface area contributed by atoms with Gasteiger partial charge in [0.1, 0.15) is 0 Å². The molecule has 0 spiro atoms. The Hall–Kier alpha value is -3.74. The lowest BCUT2D eigenvalue weighted by Crippen LogP contribution is -2.16. The van der Waals surface area contributed by atoms with E-state index in [-0.39, 0.29) is 17.3 Å². The summed E-state index contributed by atoms with van der Waals surface area (Å²) < 4.78 is 14.0. The molecule has 142 valence electrons. The van der Waals surface area contributed by atoms with E-state index < -0.39 is 11.9 Å². The SMILES string of the molecule is CN(C)c1cccc(C(=O)Nc2cnc(F)c(NC(=O)c3ccccc3)c2)c1. The van der Waals surface area contributed by atoms with Crippen molar-refractivity contribution in [3.05, 3.63) is 83.9 Å². The zero-order valence-corrected chi connectivity index (χ0v) is 15.4. The fraction of sp³-hybridized carbons (Fsp3) is 0.0952. The third-order valence-corrected chi connectivity index (χ3v) is 4.01. The maximum Gasteiger partial charge on any atom is 0.255 e. The highest BCUT2D eigenvalue weighted by Gasteiger charge is 2.13. The number of rotatable bonds is 5. The largest absolute Gasteiger partial charge is 0.378 e. The minimum absolute atomic E-state index is 0.117. The van der Waals surface area contributed by atoms with E-state index in [2.05, 4.69) is 15.6 Å². The Morgan fingerprint density at radius 2 is 1.57 bits per heavy atom. The minimum atomic E-state index is -0.836. The molecule has 0 atom stereocenters. The standard InChI is InChI=1S/C21H19FN4O2/c1-26(2)17-10-6-9-15(11-17)21(28)24-16-12-18(19(22)23-13-16)25-20(27)14-7-4-3-5-8-14/h3-13H,1-2H3,(H,24,28)(H,25,27). The monoisotopic (exact) mass is 378 g/mol. The van der Waals surface area contributed by atoms with Gasteiger partial charge in [-0.2, -0.15) is 4.39 Å². The molecule has 7 heteroatoms. The van der Waals surface area contributed by atoms with Crippen LogP contribution in [0.3, 0.4) is 0 Å². The van der Waals surface area contributed by atoms with Gasteiger partial charge in [-0.3, -0.25) is 9.59 Å². The quantitative estimate of drug-likeness (QED) is 0.663. The minimum Gasteiger partial charge on any atom is -0.378 e. The third-order valence-electron chi connectivity index (χ3n) is 4.01. The number of pyridine rings is 1. The molecular weight excluding hydrogens is 359 g/mol. The van der Waals surface area contributed by atoms with Gasteiger partial charge in [-0.25, -0.2) is 4.98 Å². The summed E-state index contributed by atoms with van der Waals surface area (Å²) in [6.45, 7) is 0. The molecule has 2 amide bonds. The highest BCUT2D eigenvalue weighted by Crippen LogP contribution is 2.20. The third kappa shape index (κ3) is 4.50. The first kappa shape index (κ1) is 19.0. The summed E-state index contributed by atoms with van der Waals surface area (Å²) in [6.07, 6.45) is 1.20. The first-order valence-corrected chi connectivity index (χ1v) is 8.55. The number of nitrogens with zero attached hydrogens (tertiary/aromatic N) is 2. The fourth-order valence-electron chi connectivity index (χ4n) is 2.52. The number of halogens is 1. The molecule has 2 aromatic carbocycles. The van der Waals surface area contributed by atoms with Gasteiger partial charge in [-0.1, -0.05) is 24.3 Å². The number of carbonyl (C=O) groups is 2. The second-order valence-electron chi connectivity index (χ2n) is 6.28. The van der Waals surface area contributed by atoms with Crippen molar-refractivity contribution >= 4 is 28.9 Å². The predicted molar refractivity (Wildman–Crippen MR) is 107 cm³/mol. The van der Waals surface area contributed by atoms with Gasteiger partial charge in [-0.15, -0.1) is 0 Å². The summed E-state index contributed by atoms with van der Waals surface area (Å²) in [4.78, 5) is 30.2. The molecule has 0 saturated heterocycles. The van der Waals surface area contributed by atoms with Crippen LogP contribution in [-0.2, 0) is 0 Å². The van der Waals surface area contributed by atoms with Crippen molar-refractivity contribution in [2.45, 2.75) is 0 Å². The van der Waals surface area contributed by atoms with E-state index >= 15 is 0 Å². The summed E-state index contributed by atoms with van der Waals surface area (Å²) in [5.41, 5.74) is 1.86. The van der Waals surface area contributed by atoms with Gasteiger partial charge in [0.2, 0.25) is 5.95 Å². The van der Waals surface area contributed by atoms with Gasteiger partial charge >= 0.3 is 0 Å². The van der Waals surface area contributed by atoms with Crippen LogP contribution in [0.25, 0.3) is 0 Å². The predicted octanol–water partition coefficient (Wildman–Crippen LogP) is 3.79. The van der Waals surface area contributed by atoms with Crippen molar-refractivity contribution in [1.82, 2.24) is 4.98 Å². The van der Waals surface area contributed by atoms with Crippen molar-refractivity contribution in [1.29, 1.82) is 0 Å². The summed E-state index contributed by atoms with van der Waals surface area (Å²) in [5.74, 6) is -1.67. The van der Waals surface area contributed by atoms with E-state index in [1.165, 1.54) is 12.3 Å². The molecule has 6 nitrogen and oxygen atoms in total. The van der Waals surface area contributed by atoms with Crippen LogP contribution in [0.15, 0.2) is 66.9 Å². The molecule has 28 heavy (non-hydrogen) atoms. The molecule has 0 saturated carbocycles. The van der Waals surface area contributed by atoms with Gasteiger partial charge in [-0.05, 0) is 36.4 Å². The number of amides is 2. The molecule has 2 N–H and O–H groups in total. The molecule has 1 aromatic heterocycles. The number of carbonyl (C=O) groups excluding carboxylic acids is 2. The maximum atomic E-state index is 14.0. The molecule has 0 radical (unpaired) electrons. The van der Waals surface area contributed by atoms with E-state index in [0.717, 1.165) is 5.69 Å². The van der Waals surface area contributed by atoms with Gasteiger partial charge in [0, 0.05) is 30.9 Å². The van der Waals surface area contributed by atoms with Crippen molar-refractivity contribution in [3.8, 4) is 0 Å². The first-order valence-electron chi connectivity index (χ1n) is 8.55. The normalized spacial score (nSPS) is 10.2. The van der Waals surface area contributed by atoms with Crippen molar-refractivity contribution < 1.29 is 14.0 Å². The molecule has 1 heterocycles. The van der Waals surface area contributed by atoms with Gasteiger partial charge in [0.25, 0.3) is 11.8 Å². The number of benzene rings is 2. The number of nitrogens with one attached hydrogen (secondary N) is 2. The van der Waals surface area contributed by atoms with Crippen LogP contribution in [0.5, 0.6) is 0 Å². The van der Waals surface area contributed by atoms with Crippen LogP contribution in [0, 0.1) is 5.95 Å². The van der Waals surface area contributed by atoms with E-state index in [0.29, 0.717) is 11.1 Å². The molecule has 3 rings (SSSR count). The van der Waals surface area contributed by atoms with Crippen molar-refractivity contribution in [2.75, 3.05) is 29.6 Å². The second-order valence-corrected chi connectivity index (χ2v) is 6.28. The van der Waals surface area contributed by atoms with Crippen LogP contribution in [0.1, 0.15) is 20.7 Å². The zero-order chi connectivity index (χ0) is 20.1. The van der Waals surface area contributed by atoms with Crippen molar-refractivity contribution in [3.63, 3.8) is 0 Å². The van der Waals surface area contributed by atoms with Gasteiger partial charge in [0.15, 0.2) is 0 Å². The number of anilines is 3. The number of aromatic nitrogens is 1. The van der Waals surface area contributed by atoms with Crippen LogP contribution < -0.4 is 15.5 Å². The maximum absolute atomic E-state index is 14.0. The average Bonchev–Trinajstić information content (AvgIpc) is 2.71. The van der Waals surface area contributed by atoms with E-state index in [1.54, 1.807) is 48.5 Å². The Bertz CT molecular complexity index is 1010. The molecule has 0 bridgehead atoms. The second kappa shape index (κ2) is 8.30. The average molecular weight is 378 g/mol. The Kier molecular flexibility index (Phi) is 5.64. The van der Waals surface area contributed by atoms with Crippen LogP contribution in [0.4, 0.5) is 21.5 Å². The molecule has 0 aliphatic rings. The Labute approximate surface area is 162 Å². The Morgan fingerprint density at radius 3 is 2.29 bits per heavy atom. The van der Waals surface area contributed by atoms with Crippen molar-refractivity contribution in [2.24, 2.45) is 0 Å². The zero-order valence-electron chi connectivity index (χ0n) is 15.4. The Morgan fingerprint density at radius 1 is 0.893 bits per heavy atom. The number of hydrogen-bond acceptors (Lipinski definition) is 4. The van der Waals surface area contributed by atoms with E-state index in [9.17, 15) is 14.0 Å². The molecule has 0 fully saturated rings. The highest BCUT2D eigenvalue weighted by atomic mass is 19.1. The molecular formula is C21H19FN4O2. The van der Waals surface area contributed by atoms with Crippen LogP contribution in [0.2, 0.25) is 0 Å². The summed E-state index contributed by atoms with van der Waals surface area (Å²) >= 11 is 0. The topological polar surface area (TPSA) is 74.3 Å². The molecule has 3 aromatic rings. The lowest BCUT2D eigenvalue weighted by atomic mass is 10.1. The van der Waals surface area contributed by atoms with Gasteiger partial charge in [0.05, 0.1) is 17.6 Å². The van der Waals surface area contributed by atoms with Gasteiger partial charge < -0.3 is 15.5 Å². The number of hydrogen-bond donors (Lipinski definition) is 2. The molecule has 0 unspecified atom stereocenters. The van der Waals surface area contributed by atoms with Crippen LogP contribution >= 0.6 is 0 Å².